The Morgan fingerprint density at radius 1 is 1.12 bits per heavy atom. The minimum absolute atomic E-state index is 0.0184. The Labute approximate surface area is 198 Å². The average molecular weight is 473 g/mol. The second-order valence-corrected chi connectivity index (χ2v) is 11.0. The molecule has 0 aromatic heterocycles. The first-order chi connectivity index (χ1) is 15.8. The Kier molecular flexibility index (Phi) is 5.75. The third-order valence-electron chi connectivity index (χ3n) is 9.62. The van der Waals surface area contributed by atoms with Crippen LogP contribution in [-0.2, 0) is 28.7 Å². The molecule has 184 valence electrons. The van der Waals surface area contributed by atoms with Crippen LogP contribution in [0, 0.1) is 28.1 Å². The predicted molar refractivity (Wildman–Crippen MR) is 119 cm³/mol. The highest BCUT2D eigenvalue weighted by Crippen LogP contribution is 2.71. The van der Waals surface area contributed by atoms with Crippen LogP contribution in [0.25, 0.3) is 0 Å². The van der Waals surface area contributed by atoms with Gasteiger partial charge < -0.3 is 14.9 Å². The summed E-state index contributed by atoms with van der Waals surface area (Å²) in [6, 6.07) is 0. The lowest BCUT2D eigenvalue weighted by molar-refractivity contribution is -0.185. The van der Waals surface area contributed by atoms with Crippen LogP contribution < -0.4 is 0 Å². The number of aliphatic carboxylic acids is 1. The van der Waals surface area contributed by atoms with E-state index in [0.29, 0.717) is 19.3 Å². The van der Waals surface area contributed by atoms with Gasteiger partial charge in [-0.25, -0.2) is 0 Å². The first-order valence-corrected chi connectivity index (χ1v) is 11.9. The molecule has 0 unspecified atom stereocenters. The second-order valence-electron chi connectivity index (χ2n) is 11.0. The van der Waals surface area contributed by atoms with E-state index in [9.17, 15) is 29.1 Å². The molecule has 4 aliphatic carbocycles. The molecule has 8 nitrogen and oxygen atoms in total. The van der Waals surface area contributed by atoms with Gasteiger partial charge in [-0.1, -0.05) is 32.4 Å². The Morgan fingerprint density at radius 2 is 1.82 bits per heavy atom. The largest absolute Gasteiger partial charge is 0.481 e. The van der Waals surface area contributed by atoms with E-state index in [0.717, 1.165) is 5.57 Å². The standard InChI is InChI=1S/C26H32O8/c1-23-9-8-16(27)12-15(23)4-5-17-22(23)18(28)13-25(3)24(17,2)10-11-26(25,33)19(29)14-34-21(32)7-6-20(30)31/h8-9,12,17,22,33H,4-7,10-11,13-14H2,1-3H3,(H,30,31)/t17-,22-,23+,24+,25+,26+/m1/s1. The van der Waals surface area contributed by atoms with Crippen molar-refractivity contribution in [1.29, 1.82) is 0 Å². The Balaban J connectivity index is 1.59. The lowest BCUT2D eigenvalue weighted by atomic mass is 9.41. The second kappa shape index (κ2) is 7.97. The van der Waals surface area contributed by atoms with E-state index in [-0.39, 0.29) is 42.7 Å². The SMILES string of the molecule is C[C@]12CC(=O)[C@H]3[C@@H](CCC4=CC(=O)C=C[C@@]43C)[C@]1(C)CC[C@]2(O)C(=O)COC(=O)CCC(=O)O. The number of aliphatic hydroxyl groups is 1. The summed E-state index contributed by atoms with van der Waals surface area (Å²) in [5.41, 5.74) is -2.95. The van der Waals surface area contributed by atoms with E-state index in [1.54, 1.807) is 13.0 Å². The summed E-state index contributed by atoms with van der Waals surface area (Å²) in [4.78, 5) is 61.3. The molecule has 0 bridgehead atoms. The zero-order valence-corrected chi connectivity index (χ0v) is 19.9. The maximum Gasteiger partial charge on any atom is 0.306 e. The van der Waals surface area contributed by atoms with Crippen molar-refractivity contribution in [2.45, 2.75) is 71.3 Å². The maximum atomic E-state index is 13.7. The Hall–Kier alpha value is -2.61. The zero-order chi connectivity index (χ0) is 25.1. The number of carbonyl (C=O) groups is 5. The molecule has 3 fully saturated rings. The summed E-state index contributed by atoms with van der Waals surface area (Å²) in [5, 5.41) is 20.4. The molecule has 0 amide bonds. The molecular formula is C26H32O8. The highest BCUT2D eigenvalue weighted by Gasteiger charge is 2.73. The molecule has 2 N–H and O–H groups in total. The van der Waals surface area contributed by atoms with Crippen LogP contribution in [0.15, 0.2) is 23.8 Å². The summed E-state index contributed by atoms with van der Waals surface area (Å²) < 4.78 is 4.97. The van der Waals surface area contributed by atoms with Gasteiger partial charge in [-0.05, 0) is 49.2 Å². The van der Waals surface area contributed by atoms with Gasteiger partial charge in [0.15, 0.2) is 12.4 Å². The van der Waals surface area contributed by atoms with Gasteiger partial charge in [-0.2, -0.15) is 0 Å². The van der Waals surface area contributed by atoms with Crippen molar-refractivity contribution in [1.82, 2.24) is 0 Å². The minimum atomic E-state index is -1.83. The smallest absolute Gasteiger partial charge is 0.306 e. The fourth-order valence-electron chi connectivity index (χ4n) is 7.38. The van der Waals surface area contributed by atoms with Crippen LogP contribution in [0.1, 0.15) is 65.7 Å². The van der Waals surface area contributed by atoms with Crippen molar-refractivity contribution in [2.75, 3.05) is 6.61 Å². The van der Waals surface area contributed by atoms with Crippen molar-refractivity contribution in [2.24, 2.45) is 28.1 Å². The number of carboxylic acids is 1. The van der Waals surface area contributed by atoms with Gasteiger partial charge in [0.05, 0.1) is 12.8 Å². The minimum Gasteiger partial charge on any atom is -0.481 e. The van der Waals surface area contributed by atoms with E-state index >= 15 is 0 Å². The van der Waals surface area contributed by atoms with E-state index < -0.39 is 52.6 Å². The van der Waals surface area contributed by atoms with Gasteiger partial charge in [-0.3, -0.25) is 24.0 Å². The fraction of sp³-hybridized carbons (Fsp3) is 0.654. The number of hydrogen-bond donors (Lipinski definition) is 2. The molecule has 4 aliphatic rings. The molecule has 6 atom stereocenters. The molecule has 3 saturated carbocycles. The number of fused-ring (bicyclic) bond motifs is 5. The fourth-order valence-corrected chi connectivity index (χ4v) is 7.38. The normalized spacial score (nSPS) is 40.6. The molecule has 0 aromatic carbocycles. The maximum absolute atomic E-state index is 13.7. The van der Waals surface area contributed by atoms with Crippen LogP contribution in [-0.4, -0.2) is 51.7 Å². The lowest BCUT2D eigenvalue weighted by Gasteiger charge is -2.61. The number of carbonyl (C=O) groups excluding carboxylic acids is 4. The number of Topliss-reactive ketones (excluding diaryl/α,β-unsaturated/α-hetero) is 2. The molecule has 8 heteroatoms. The van der Waals surface area contributed by atoms with Gasteiger partial charge >= 0.3 is 11.9 Å². The molecule has 0 heterocycles. The monoisotopic (exact) mass is 472 g/mol. The zero-order valence-electron chi connectivity index (χ0n) is 19.9. The molecule has 0 aliphatic heterocycles. The quantitative estimate of drug-likeness (QED) is 0.563. The lowest BCUT2D eigenvalue weighted by Crippen LogP contribution is -2.64. The molecule has 0 radical (unpaired) electrons. The number of carboxylic acid groups (broad SMARTS) is 1. The third kappa shape index (κ3) is 3.33. The van der Waals surface area contributed by atoms with E-state index in [1.807, 2.05) is 13.0 Å². The van der Waals surface area contributed by atoms with Crippen molar-refractivity contribution >= 4 is 29.3 Å². The number of hydrogen-bond acceptors (Lipinski definition) is 7. The van der Waals surface area contributed by atoms with Gasteiger partial charge in [0.25, 0.3) is 0 Å². The molecule has 34 heavy (non-hydrogen) atoms. The van der Waals surface area contributed by atoms with Crippen molar-refractivity contribution in [3.8, 4) is 0 Å². The number of esters is 1. The van der Waals surface area contributed by atoms with Gasteiger partial charge in [-0.15, -0.1) is 0 Å². The van der Waals surface area contributed by atoms with E-state index in [2.05, 4.69) is 6.92 Å². The average Bonchev–Trinajstić information content (AvgIpc) is 2.98. The van der Waals surface area contributed by atoms with Crippen LogP contribution in [0.2, 0.25) is 0 Å². The predicted octanol–water partition coefficient (Wildman–Crippen LogP) is 2.57. The number of rotatable bonds is 6. The summed E-state index contributed by atoms with van der Waals surface area (Å²) in [7, 11) is 0. The molecular weight excluding hydrogens is 440 g/mol. The highest BCUT2D eigenvalue weighted by molar-refractivity contribution is 6.02. The molecule has 0 aromatic rings. The van der Waals surface area contributed by atoms with Crippen molar-refractivity contribution < 1.29 is 38.9 Å². The van der Waals surface area contributed by atoms with E-state index in [1.165, 1.54) is 6.08 Å². The van der Waals surface area contributed by atoms with Gasteiger partial charge in [0, 0.05) is 23.2 Å². The summed E-state index contributed by atoms with van der Waals surface area (Å²) in [6.45, 7) is 5.20. The summed E-state index contributed by atoms with van der Waals surface area (Å²) in [6.07, 6.45) is 6.37. The third-order valence-corrected chi connectivity index (χ3v) is 9.62. The molecule has 0 saturated heterocycles. The van der Waals surface area contributed by atoms with E-state index in [4.69, 9.17) is 9.84 Å². The molecule has 4 rings (SSSR count). The van der Waals surface area contributed by atoms with Gasteiger partial charge in [0.2, 0.25) is 5.78 Å². The van der Waals surface area contributed by atoms with Crippen LogP contribution in [0.3, 0.4) is 0 Å². The summed E-state index contributed by atoms with van der Waals surface area (Å²) >= 11 is 0. The van der Waals surface area contributed by atoms with Crippen LogP contribution in [0.5, 0.6) is 0 Å². The van der Waals surface area contributed by atoms with Crippen molar-refractivity contribution in [3.63, 3.8) is 0 Å². The number of allylic oxidation sites excluding steroid dienone is 4. The Morgan fingerprint density at radius 3 is 2.50 bits per heavy atom. The van der Waals surface area contributed by atoms with Crippen LogP contribution in [0.4, 0.5) is 0 Å². The Bertz CT molecular complexity index is 1040. The summed E-state index contributed by atoms with van der Waals surface area (Å²) in [5.74, 6) is -3.11. The molecule has 0 spiro atoms. The number of ether oxygens (including phenoxy) is 1. The first kappa shape index (κ1) is 24.5. The van der Waals surface area contributed by atoms with Crippen molar-refractivity contribution in [3.05, 3.63) is 23.8 Å². The topological polar surface area (TPSA) is 135 Å². The first-order valence-electron chi connectivity index (χ1n) is 11.9. The van der Waals surface area contributed by atoms with Crippen LogP contribution >= 0.6 is 0 Å². The number of ketones is 3. The van der Waals surface area contributed by atoms with Gasteiger partial charge in [0.1, 0.15) is 11.4 Å². The highest BCUT2D eigenvalue weighted by atomic mass is 16.5.